The van der Waals surface area contributed by atoms with Crippen LogP contribution >= 0.6 is 23.1 Å². The zero-order valence-corrected chi connectivity index (χ0v) is 25.8. The minimum atomic E-state index is -0.905. The Hall–Kier alpha value is -4.73. The lowest BCUT2D eigenvalue weighted by atomic mass is 9.93. The molecule has 1 fully saturated rings. The predicted molar refractivity (Wildman–Crippen MR) is 174 cm³/mol. The van der Waals surface area contributed by atoms with E-state index in [9.17, 15) is 14.7 Å². The van der Waals surface area contributed by atoms with Crippen molar-refractivity contribution in [3.05, 3.63) is 142 Å². The summed E-state index contributed by atoms with van der Waals surface area (Å²) >= 11 is 2.75. The van der Waals surface area contributed by atoms with E-state index in [0.29, 0.717) is 33.6 Å². The maximum Gasteiger partial charge on any atom is 0.301 e. The maximum absolute atomic E-state index is 13.6. The minimum absolute atomic E-state index is 0.00958. The number of ether oxygens (including phenoxy) is 1. The normalized spacial score (nSPS) is 16.0. The highest BCUT2D eigenvalue weighted by Crippen LogP contribution is 2.44. The van der Waals surface area contributed by atoms with Gasteiger partial charge in [0.05, 0.1) is 11.6 Å². The van der Waals surface area contributed by atoms with E-state index < -0.39 is 17.7 Å². The average Bonchev–Trinajstić information content (AvgIpc) is 3.62. The van der Waals surface area contributed by atoms with E-state index in [0.717, 1.165) is 22.3 Å². The van der Waals surface area contributed by atoms with E-state index in [1.807, 2.05) is 105 Å². The molecule has 0 radical (unpaired) electrons. The number of nitrogens with zero attached hydrogens (tertiary/aromatic N) is 3. The fourth-order valence-electron chi connectivity index (χ4n) is 5.05. The third kappa shape index (κ3) is 6.15. The van der Waals surface area contributed by atoms with Crippen LogP contribution in [-0.2, 0) is 21.9 Å². The lowest BCUT2D eigenvalue weighted by Gasteiger charge is -2.23. The summed E-state index contributed by atoms with van der Waals surface area (Å²) in [7, 11) is 0. The van der Waals surface area contributed by atoms with E-state index in [4.69, 9.17) is 4.74 Å². The molecule has 44 heavy (non-hydrogen) atoms. The van der Waals surface area contributed by atoms with Crippen LogP contribution in [0.2, 0.25) is 0 Å². The van der Waals surface area contributed by atoms with Gasteiger partial charge in [-0.05, 0) is 54.3 Å². The van der Waals surface area contributed by atoms with Crippen molar-refractivity contribution in [1.82, 2.24) is 10.2 Å². The number of aliphatic hydroxyl groups is 1. The van der Waals surface area contributed by atoms with Gasteiger partial charge in [0.15, 0.2) is 4.34 Å². The van der Waals surface area contributed by atoms with E-state index in [-0.39, 0.29) is 16.5 Å². The predicted octanol–water partition coefficient (Wildman–Crippen LogP) is 7.65. The van der Waals surface area contributed by atoms with Gasteiger partial charge in [-0.2, -0.15) is 0 Å². The SMILES string of the molecule is Cc1ccc(C)c(C(O)=C2C(=O)C(=O)N(c3nnc(SCc4ccccc4)s3)C2c2ccc(OCc3ccccc3)cc2)c1. The Morgan fingerprint density at radius 2 is 1.57 bits per heavy atom. The molecule has 5 aromatic rings. The van der Waals surface area contributed by atoms with Crippen LogP contribution in [0.25, 0.3) is 5.76 Å². The summed E-state index contributed by atoms with van der Waals surface area (Å²) in [5.74, 6) is -0.424. The lowest BCUT2D eigenvalue weighted by molar-refractivity contribution is -0.132. The Morgan fingerprint density at radius 3 is 2.27 bits per heavy atom. The van der Waals surface area contributed by atoms with E-state index in [1.165, 1.54) is 28.0 Å². The summed E-state index contributed by atoms with van der Waals surface area (Å²) in [6.45, 7) is 4.18. The Bertz CT molecular complexity index is 1840. The first-order chi connectivity index (χ1) is 21.4. The first-order valence-corrected chi connectivity index (χ1v) is 15.8. The molecule has 0 bridgehead atoms. The van der Waals surface area contributed by atoms with Gasteiger partial charge in [-0.15, -0.1) is 10.2 Å². The van der Waals surface area contributed by atoms with Crippen molar-refractivity contribution in [2.75, 3.05) is 4.90 Å². The number of hydrogen-bond acceptors (Lipinski definition) is 8. The number of Topliss-reactive ketones (excluding diaryl/α,β-unsaturated/α-hetero) is 1. The van der Waals surface area contributed by atoms with E-state index in [2.05, 4.69) is 10.2 Å². The first kappa shape index (κ1) is 29.3. The molecular weight excluding hydrogens is 591 g/mol. The molecular formula is C35H29N3O4S2. The van der Waals surface area contributed by atoms with Crippen LogP contribution in [0.5, 0.6) is 5.75 Å². The smallest absolute Gasteiger partial charge is 0.301 e. The zero-order valence-electron chi connectivity index (χ0n) is 24.1. The van der Waals surface area contributed by atoms with Crippen molar-refractivity contribution in [2.45, 2.75) is 36.6 Å². The van der Waals surface area contributed by atoms with Crippen molar-refractivity contribution in [3.63, 3.8) is 0 Å². The van der Waals surface area contributed by atoms with Gasteiger partial charge >= 0.3 is 5.91 Å². The second-order valence-corrected chi connectivity index (χ2v) is 12.6. The quantitative estimate of drug-likeness (QED) is 0.0596. The molecule has 1 atom stereocenters. The minimum Gasteiger partial charge on any atom is -0.507 e. The van der Waals surface area contributed by atoms with Crippen LogP contribution in [-0.4, -0.2) is 27.0 Å². The number of thioether (sulfide) groups is 1. The number of amides is 1. The van der Waals surface area contributed by atoms with Gasteiger partial charge in [0.2, 0.25) is 5.13 Å². The highest BCUT2D eigenvalue weighted by Gasteiger charge is 2.48. The van der Waals surface area contributed by atoms with Gasteiger partial charge in [0, 0.05) is 11.3 Å². The number of carbonyl (C=O) groups excluding carboxylic acids is 2. The van der Waals surface area contributed by atoms with Gasteiger partial charge in [0.1, 0.15) is 18.1 Å². The summed E-state index contributed by atoms with van der Waals surface area (Å²) in [5, 5.41) is 20.5. The Balaban J connectivity index is 1.36. The van der Waals surface area contributed by atoms with Crippen molar-refractivity contribution in [1.29, 1.82) is 0 Å². The van der Waals surface area contributed by atoms with Crippen LogP contribution in [0, 0.1) is 13.8 Å². The monoisotopic (exact) mass is 619 g/mol. The van der Waals surface area contributed by atoms with Crippen LogP contribution < -0.4 is 9.64 Å². The molecule has 1 aromatic heterocycles. The van der Waals surface area contributed by atoms with Crippen LogP contribution in [0.1, 0.15) is 39.4 Å². The fourth-order valence-corrected chi connectivity index (χ4v) is 6.87. The molecule has 1 aliphatic heterocycles. The summed E-state index contributed by atoms with van der Waals surface area (Å²) < 4.78 is 6.64. The molecule has 1 saturated heterocycles. The molecule has 220 valence electrons. The molecule has 0 aliphatic carbocycles. The van der Waals surface area contributed by atoms with Crippen LogP contribution in [0.15, 0.2) is 113 Å². The lowest BCUT2D eigenvalue weighted by Crippen LogP contribution is -2.29. The van der Waals surface area contributed by atoms with Gasteiger partial charge in [-0.25, -0.2) is 0 Å². The molecule has 2 heterocycles. The van der Waals surface area contributed by atoms with Crippen molar-refractivity contribution in [3.8, 4) is 5.75 Å². The zero-order chi connectivity index (χ0) is 30.6. The highest BCUT2D eigenvalue weighted by atomic mass is 32.2. The highest BCUT2D eigenvalue weighted by molar-refractivity contribution is 8.00. The fraction of sp³-hybridized carbons (Fsp3) is 0.143. The van der Waals surface area contributed by atoms with E-state index in [1.54, 1.807) is 12.1 Å². The average molecular weight is 620 g/mol. The molecule has 4 aromatic carbocycles. The van der Waals surface area contributed by atoms with Crippen molar-refractivity contribution >= 4 is 45.7 Å². The maximum atomic E-state index is 13.6. The third-order valence-electron chi connectivity index (χ3n) is 7.34. The van der Waals surface area contributed by atoms with Crippen molar-refractivity contribution in [2.24, 2.45) is 0 Å². The Morgan fingerprint density at radius 1 is 0.886 bits per heavy atom. The number of carbonyl (C=O) groups is 2. The number of aliphatic hydroxyl groups excluding tert-OH is 1. The number of aromatic nitrogens is 2. The van der Waals surface area contributed by atoms with Crippen LogP contribution in [0.4, 0.5) is 5.13 Å². The second-order valence-electron chi connectivity index (χ2n) is 10.5. The second kappa shape index (κ2) is 12.9. The number of anilines is 1. The number of aryl methyl sites for hydroxylation is 2. The molecule has 0 spiro atoms. The van der Waals surface area contributed by atoms with Gasteiger partial charge in [0.25, 0.3) is 5.78 Å². The third-order valence-corrected chi connectivity index (χ3v) is 9.47. The number of ketones is 1. The molecule has 7 nitrogen and oxygen atoms in total. The molecule has 0 saturated carbocycles. The molecule has 1 unspecified atom stereocenters. The largest absolute Gasteiger partial charge is 0.507 e. The van der Waals surface area contributed by atoms with Crippen molar-refractivity contribution < 1.29 is 19.4 Å². The Labute approximate surface area is 263 Å². The summed E-state index contributed by atoms with van der Waals surface area (Å²) in [6, 6.07) is 31.8. The van der Waals surface area contributed by atoms with Gasteiger partial charge < -0.3 is 9.84 Å². The molecule has 1 aliphatic rings. The molecule has 9 heteroatoms. The molecule has 6 rings (SSSR count). The van der Waals surface area contributed by atoms with Crippen LogP contribution in [0.3, 0.4) is 0 Å². The summed E-state index contributed by atoms with van der Waals surface area (Å²) in [6.07, 6.45) is 0. The Kier molecular flexibility index (Phi) is 8.58. The molecule has 1 amide bonds. The topological polar surface area (TPSA) is 92.6 Å². The number of hydrogen-bond donors (Lipinski definition) is 1. The summed E-state index contributed by atoms with van der Waals surface area (Å²) in [5.41, 5.74) is 5.04. The first-order valence-electron chi connectivity index (χ1n) is 14.0. The van der Waals surface area contributed by atoms with Gasteiger partial charge in [-0.1, -0.05) is 114 Å². The van der Waals surface area contributed by atoms with Gasteiger partial charge in [-0.3, -0.25) is 14.5 Å². The summed E-state index contributed by atoms with van der Waals surface area (Å²) in [4.78, 5) is 28.6. The van der Waals surface area contributed by atoms with E-state index >= 15 is 0 Å². The standard InChI is InChI=1S/C35H29N3O4S2/c1-22-13-14-23(2)28(19-22)31(39)29-30(26-15-17-27(18-16-26)42-20-24-9-5-3-6-10-24)38(33(41)32(29)40)34-36-37-35(44-34)43-21-25-11-7-4-8-12-25/h3-19,30,39H,20-21H2,1-2H3. The number of rotatable bonds is 9. The number of benzene rings is 4. The molecule has 1 N–H and O–H groups in total.